The highest BCUT2D eigenvalue weighted by Gasteiger charge is 2.42. The van der Waals surface area contributed by atoms with Crippen molar-refractivity contribution in [2.75, 3.05) is 11.6 Å². The molecule has 2 amide bonds. The second-order valence-electron chi connectivity index (χ2n) is 6.70. The first-order chi connectivity index (χ1) is 12.8. The van der Waals surface area contributed by atoms with E-state index in [-0.39, 0.29) is 40.9 Å². The summed E-state index contributed by atoms with van der Waals surface area (Å²) < 4.78 is 28.4. The summed E-state index contributed by atoms with van der Waals surface area (Å²) in [7, 11) is -3.96. The number of fused-ring (bicyclic) bond motifs is 3. The molecule has 0 saturated heterocycles. The van der Waals surface area contributed by atoms with E-state index >= 15 is 0 Å². The smallest absolute Gasteiger partial charge is 0.287 e. The largest absolute Gasteiger partial charge is 0.363 e. The number of amides is 2. The summed E-state index contributed by atoms with van der Waals surface area (Å²) in [5, 5.41) is 5.48. The molecular weight excluding hydrogens is 372 g/mol. The van der Waals surface area contributed by atoms with Gasteiger partial charge >= 0.3 is 0 Å². The number of rotatable bonds is 5. The SMILES string of the molecule is CC(NC(=O)CN1C(C(N)=O)=NC2=NS(=O)(=O)c3ccccc3N21)C1CC1. The lowest BCUT2D eigenvalue weighted by Gasteiger charge is -2.33. The molecule has 2 heterocycles. The fourth-order valence-electron chi connectivity index (χ4n) is 3.18. The van der Waals surface area contributed by atoms with Crippen LogP contribution in [0.2, 0.25) is 0 Å². The zero-order valence-electron chi connectivity index (χ0n) is 14.5. The summed E-state index contributed by atoms with van der Waals surface area (Å²) in [5.74, 6) is -1.20. The number of nitrogens with two attached hydrogens (primary N) is 1. The fraction of sp³-hybridized carbons (Fsp3) is 0.375. The summed E-state index contributed by atoms with van der Waals surface area (Å²) >= 11 is 0. The average molecular weight is 390 g/mol. The normalized spacial score (nSPS) is 20.9. The van der Waals surface area contributed by atoms with Crippen LogP contribution in [0.3, 0.4) is 0 Å². The molecule has 1 aromatic carbocycles. The predicted octanol–water partition coefficient (Wildman–Crippen LogP) is -0.420. The van der Waals surface area contributed by atoms with Crippen LogP contribution in [0.4, 0.5) is 5.69 Å². The van der Waals surface area contributed by atoms with E-state index in [0.717, 1.165) is 12.8 Å². The lowest BCUT2D eigenvalue weighted by atomic mass is 10.2. The Bertz CT molecular complexity index is 998. The summed E-state index contributed by atoms with van der Waals surface area (Å²) in [6.07, 6.45) is 2.15. The van der Waals surface area contributed by atoms with Gasteiger partial charge in [-0.1, -0.05) is 12.1 Å². The Morgan fingerprint density at radius 1 is 1.33 bits per heavy atom. The Balaban J connectivity index is 1.69. The molecule has 2 aliphatic heterocycles. The van der Waals surface area contributed by atoms with Gasteiger partial charge in [-0.25, -0.2) is 10.0 Å². The van der Waals surface area contributed by atoms with Gasteiger partial charge in [-0.05, 0) is 37.8 Å². The van der Waals surface area contributed by atoms with E-state index < -0.39 is 15.9 Å². The highest BCUT2D eigenvalue weighted by molar-refractivity contribution is 7.90. The monoisotopic (exact) mass is 390 g/mol. The number of nitrogens with zero attached hydrogens (tertiary/aromatic N) is 4. The van der Waals surface area contributed by atoms with Crippen molar-refractivity contribution < 1.29 is 18.0 Å². The fourth-order valence-corrected chi connectivity index (χ4v) is 4.28. The molecule has 0 spiro atoms. The van der Waals surface area contributed by atoms with Crippen LogP contribution in [-0.2, 0) is 19.6 Å². The summed E-state index contributed by atoms with van der Waals surface area (Å²) in [6.45, 7) is 1.69. The van der Waals surface area contributed by atoms with E-state index in [1.54, 1.807) is 18.2 Å². The quantitative estimate of drug-likeness (QED) is 0.700. The first-order valence-electron chi connectivity index (χ1n) is 8.47. The number of amidine groups is 1. The van der Waals surface area contributed by atoms with Gasteiger partial charge in [-0.3, -0.25) is 9.59 Å². The van der Waals surface area contributed by atoms with Crippen LogP contribution in [-0.4, -0.2) is 49.6 Å². The molecule has 3 N–H and O–H groups in total. The number of carbonyl (C=O) groups is 2. The van der Waals surface area contributed by atoms with Gasteiger partial charge in [0.05, 0.1) is 5.69 Å². The molecule has 3 aliphatic rings. The van der Waals surface area contributed by atoms with Gasteiger partial charge in [0.2, 0.25) is 11.7 Å². The third-order valence-electron chi connectivity index (χ3n) is 4.69. The minimum absolute atomic E-state index is 0.0243. The number of guanidine groups is 1. The molecule has 1 fully saturated rings. The maximum absolute atomic E-state index is 12.5. The van der Waals surface area contributed by atoms with Crippen LogP contribution < -0.4 is 16.1 Å². The highest BCUT2D eigenvalue weighted by Crippen LogP contribution is 2.35. The summed E-state index contributed by atoms with van der Waals surface area (Å²) in [4.78, 5) is 28.2. The number of para-hydroxylation sites is 1. The standard InChI is InChI=1S/C16H18N6O4S/c1-9(10-6-7-10)18-13(23)8-21-15(14(17)24)19-16-20-27(25,26)12-5-3-2-4-11(12)22(16)21/h2-5,9-10H,6-8H2,1H3,(H2,17,24)(H,18,23). The number of sulfonamides is 1. The van der Waals surface area contributed by atoms with E-state index in [1.807, 2.05) is 6.92 Å². The Morgan fingerprint density at radius 2 is 2.04 bits per heavy atom. The maximum atomic E-state index is 12.5. The molecule has 1 unspecified atom stereocenters. The lowest BCUT2D eigenvalue weighted by Crippen LogP contribution is -2.53. The van der Waals surface area contributed by atoms with Crippen LogP contribution in [0.5, 0.6) is 0 Å². The topological polar surface area (TPSA) is 138 Å². The molecule has 0 aromatic heterocycles. The van der Waals surface area contributed by atoms with Crippen molar-refractivity contribution >= 4 is 39.3 Å². The Hall–Kier alpha value is -2.95. The van der Waals surface area contributed by atoms with Gasteiger partial charge in [-0.2, -0.15) is 13.4 Å². The molecule has 11 heteroatoms. The number of benzene rings is 1. The molecule has 4 rings (SSSR count). The number of carbonyl (C=O) groups excluding carboxylic acids is 2. The molecule has 142 valence electrons. The number of aliphatic imine (C=N–C) groups is 1. The number of hydrogen-bond donors (Lipinski definition) is 2. The van der Waals surface area contributed by atoms with E-state index in [9.17, 15) is 18.0 Å². The molecule has 1 aromatic rings. The van der Waals surface area contributed by atoms with Gasteiger partial charge in [0.1, 0.15) is 11.4 Å². The third kappa shape index (κ3) is 3.03. The van der Waals surface area contributed by atoms with Gasteiger partial charge in [0.25, 0.3) is 21.9 Å². The molecule has 0 bridgehead atoms. The predicted molar refractivity (Wildman–Crippen MR) is 97.2 cm³/mol. The number of anilines is 1. The van der Waals surface area contributed by atoms with Crippen molar-refractivity contribution in [2.24, 2.45) is 21.0 Å². The second-order valence-corrected chi connectivity index (χ2v) is 8.27. The van der Waals surface area contributed by atoms with Crippen LogP contribution in [0.15, 0.2) is 38.6 Å². The van der Waals surface area contributed by atoms with Gasteiger partial charge in [-0.15, -0.1) is 4.40 Å². The lowest BCUT2D eigenvalue weighted by molar-refractivity contribution is -0.122. The number of hydrazine groups is 1. The van der Waals surface area contributed by atoms with Gasteiger partial charge < -0.3 is 11.1 Å². The van der Waals surface area contributed by atoms with Crippen molar-refractivity contribution in [1.29, 1.82) is 0 Å². The maximum Gasteiger partial charge on any atom is 0.287 e. The van der Waals surface area contributed by atoms with E-state index in [4.69, 9.17) is 5.73 Å². The van der Waals surface area contributed by atoms with E-state index in [0.29, 0.717) is 5.92 Å². The molecule has 1 aliphatic carbocycles. The van der Waals surface area contributed by atoms with E-state index in [1.165, 1.54) is 16.1 Å². The first kappa shape index (κ1) is 17.5. The van der Waals surface area contributed by atoms with Crippen LogP contribution >= 0.6 is 0 Å². The number of nitrogens with one attached hydrogen (secondary N) is 1. The minimum atomic E-state index is -3.96. The molecule has 27 heavy (non-hydrogen) atoms. The van der Waals surface area contributed by atoms with Crippen molar-refractivity contribution in [3.8, 4) is 0 Å². The first-order valence-corrected chi connectivity index (χ1v) is 9.91. The van der Waals surface area contributed by atoms with Gasteiger partial charge in [0.15, 0.2) is 0 Å². The van der Waals surface area contributed by atoms with Crippen molar-refractivity contribution in [2.45, 2.75) is 30.7 Å². The number of hydrogen-bond acceptors (Lipinski definition) is 7. The highest BCUT2D eigenvalue weighted by atomic mass is 32.2. The molecule has 1 saturated carbocycles. The second kappa shape index (κ2) is 6.05. The van der Waals surface area contributed by atoms with Crippen molar-refractivity contribution in [3.05, 3.63) is 24.3 Å². The summed E-state index contributed by atoms with van der Waals surface area (Å²) in [6, 6.07) is 6.19. The molecular formula is C16H18N6O4S. The van der Waals surface area contributed by atoms with Crippen molar-refractivity contribution in [1.82, 2.24) is 10.3 Å². The Labute approximate surface area is 155 Å². The zero-order chi connectivity index (χ0) is 19.3. The van der Waals surface area contributed by atoms with Crippen molar-refractivity contribution in [3.63, 3.8) is 0 Å². The van der Waals surface area contributed by atoms with Crippen LogP contribution in [0, 0.1) is 5.92 Å². The summed E-state index contributed by atoms with van der Waals surface area (Å²) in [5.41, 5.74) is 5.65. The Morgan fingerprint density at radius 3 is 2.70 bits per heavy atom. The zero-order valence-corrected chi connectivity index (χ0v) is 15.3. The number of primary amides is 1. The minimum Gasteiger partial charge on any atom is -0.363 e. The van der Waals surface area contributed by atoms with E-state index in [2.05, 4.69) is 14.7 Å². The van der Waals surface area contributed by atoms with Gasteiger partial charge in [0, 0.05) is 6.04 Å². The Kier molecular flexibility index (Phi) is 3.91. The molecule has 1 atom stereocenters. The molecule has 10 nitrogen and oxygen atoms in total. The third-order valence-corrected chi connectivity index (χ3v) is 5.99. The average Bonchev–Trinajstić information content (AvgIpc) is 3.38. The molecule has 0 radical (unpaired) electrons. The van der Waals surface area contributed by atoms with Crippen LogP contribution in [0.25, 0.3) is 0 Å². The van der Waals surface area contributed by atoms with Crippen LogP contribution in [0.1, 0.15) is 19.8 Å².